The van der Waals surface area contributed by atoms with Gasteiger partial charge in [0.05, 0.1) is 11.4 Å². The molecule has 29 heavy (non-hydrogen) atoms. The summed E-state index contributed by atoms with van der Waals surface area (Å²) in [7, 11) is 0. The molecule has 0 unspecified atom stereocenters. The lowest BCUT2D eigenvalue weighted by molar-refractivity contribution is 0.727. The van der Waals surface area contributed by atoms with Crippen LogP contribution in [-0.4, -0.2) is 32.2 Å². The highest BCUT2D eigenvalue weighted by Gasteiger charge is 2.21. The molecule has 1 N–H and O–H groups in total. The summed E-state index contributed by atoms with van der Waals surface area (Å²) in [5.41, 5.74) is 3.35. The van der Waals surface area contributed by atoms with Crippen LogP contribution in [-0.2, 0) is 0 Å². The fourth-order valence-corrected chi connectivity index (χ4v) is 4.05. The number of halogens is 1. The summed E-state index contributed by atoms with van der Waals surface area (Å²) in [5, 5.41) is 8.79. The van der Waals surface area contributed by atoms with E-state index in [1.54, 1.807) is 10.7 Å². The van der Waals surface area contributed by atoms with Gasteiger partial charge in [0.1, 0.15) is 11.6 Å². The van der Waals surface area contributed by atoms with Gasteiger partial charge in [-0.2, -0.15) is 5.10 Å². The Morgan fingerprint density at radius 3 is 2.86 bits per heavy atom. The van der Waals surface area contributed by atoms with Crippen molar-refractivity contribution in [2.45, 2.75) is 25.8 Å². The molecule has 1 saturated heterocycles. The molecule has 1 atom stereocenters. The van der Waals surface area contributed by atoms with E-state index >= 15 is 0 Å². The topological polar surface area (TPSA) is 58.4 Å². The number of nitrogens with one attached hydrogen (secondary N) is 1. The van der Waals surface area contributed by atoms with E-state index in [0.717, 1.165) is 40.8 Å². The first kappa shape index (κ1) is 17.9. The van der Waals surface area contributed by atoms with E-state index in [2.05, 4.69) is 33.3 Å². The number of aromatic nitrogens is 4. The summed E-state index contributed by atoms with van der Waals surface area (Å²) >= 11 is 6.18. The Morgan fingerprint density at radius 2 is 2.03 bits per heavy atom. The molecule has 0 amide bonds. The summed E-state index contributed by atoms with van der Waals surface area (Å²) in [5.74, 6) is 1.79. The zero-order chi connectivity index (χ0) is 19.8. The molecule has 1 fully saturated rings. The maximum atomic E-state index is 6.18. The largest absolute Gasteiger partial charge is 0.354 e. The van der Waals surface area contributed by atoms with Crippen molar-refractivity contribution in [2.24, 2.45) is 0 Å². The molecule has 1 aliphatic rings. The van der Waals surface area contributed by atoms with Crippen LogP contribution in [0.3, 0.4) is 0 Å². The number of pyridine rings is 1. The summed E-state index contributed by atoms with van der Waals surface area (Å²) in [6.07, 6.45) is 6.00. The molecule has 0 radical (unpaired) electrons. The predicted molar refractivity (Wildman–Crippen MR) is 117 cm³/mol. The van der Waals surface area contributed by atoms with Crippen molar-refractivity contribution in [2.75, 3.05) is 16.8 Å². The van der Waals surface area contributed by atoms with Crippen LogP contribution < -0.4 is 10.2 Å². The number of benzene rings is 1. The van der Waals surface area contributed by atoms with Gasteiger partial charge in [0.15, 0.2) is 5.65 Å². The van der Waals surface area contributed by atoms with Gasteiger partial charge in [0, 0.05) is 35.6 Å². The average Bonchev–Trinajstić information content (AvgIpc) is 3.37. The highest BCUT2D eigenvalue weighted by molar-refractivity contribution is 6.30. The van der Waals surface area contributed by atoms with Crippen LogP contribution in [0.1, 0.15) is 19.8 Å². The van der Waals surface area contributed by atoms with E-state index in [4.69, 9.17) is 16.6 Å². The van der Waals surface area contributed by atoms with Crippen molar-refractivity contribution in [3.8, 4) is 11.3 Å². The van der Waals surface area contributed by atoms with Crippen molar-refractivity contribution in [1.29, 1.82) is 0 Å². The average molecular weight is 405 g/mol. The fraction of sp³-hybridized carbons (Fsp3) is 0.227. The highest BCUT2D eigenvalue weighted by Crippen LogP contribution is 2.29. The first-order valence-electron chi connectivity index (χ1n) is 9.78. The zero-order valence-electron chi connectivity index (χ0n) is 16.1. The van der Waals surface area contributed by atoms with E-state index in [1.165, 1.54) is 12.8 Å². The Bertz CT molecular complexity index is 1170. The molecule has 0 spiro atoms. The van der Waals surface area contributed by atoms with Crippen LogP contribution in [0.4, 0.5) is 17.3 Å². The summed E-state index contributed by atoms with van der Waals surface area (Å²) in [6, 6.07) is 16.3. The van der Waals surface area contributed by atoms with Crippen LogP contribution in [0.2, 0.25) is 5.02 Å². The van der Waals surface area contributed by atoms with E-state index in [9.17, 15) is 0 Å². The molecule has 6 nitrogen and oxygen atoms in total. The Balaban J connectivity index is 1.53. The molecule has 0 aliphatic carbocycles. The van der Waals surface area contributed by atoms with Gasteiger partial charge in [-0.15, -0.1) is 0 Å². The fourth-order valence-electron chi connectivity index (χ4n) is 3.86. The van der Waals surface area contributed by atoms with Gasteiger partial charge in [-0.05, 0) is 50.1 Å². The Hall–Kier alpha value is -3.12. The van der Waals surface area contributed by atoms with Crippen molar-refractivity contribution in [1.82, 2.24) is 19.6 Å². The minimum absolute atomic E-state index is 0.520. The Kier molecular flexibility index (Phi) is 4.56. The standard InChI is InChI=1S/C22H21ClN6/c1-15-5-4-11-28(15)21-9-3-8-20(26-21)25-19-14-18(16-6-2-7-17(23)13-16)27-29-12-10-24-22(19)29/h2-3,6-10,12-15H,4-5,11H2,1H3,(H,25,26)/t15-/m0/s1. The minimum Gasteiger partial charge on any atom is -0.354 e. The highest BCUT2D eigenvalue weighted by atomic mass is 35.5. The van der Waals surface area contributed by atoms with E-state index in [1.807, 2.05) is 48.7 Å². The Labute approximate surface area is 174 Å². The van der Waals surface area contributed by atoms with E-state index in [0.29, 0.717) is 11.1 Å². The molecule has 4 aromatic rings. The third-order valence-electron chi connectivity index (χ3n) is 5.32. The van der Waals surface area contributed by atoms with E-state index in [-0.39, 0.29) is 0 Å². The Morgan fingerprint density at radius 1 is 1.14 bits per heavy atom. The maximum absolute atomic E-state index is 6.18. The van der Waals surface area contributed by atoms with Gasteiger partial charge in [-0.25, -0.2) is 14.5 Å². The van der Waals surface area contributed by atoms with Gasteiger partial charge >= 0.3 is 0 Å². The van der Waals surface area contributed by atoms with Gasteiger partial charge in [0.2, 0.25) is 0 Å². The van der Waals surface area contributed by atoms with Crippen LogP contribution in [0.15, 0.2) is 60.9 Å². The number of fused-ring (bicyclic) bond motifs is 1. The first-order chi connectivity index (χ1) is 14.2. The summed E-state index contributed by atoms with van der Waals surface area (Å²) in [4.78, 5) is 11.7. The molecule has 0 saturated carbocycles. The van der Waals surface area contributed by atoms with Crippen molar-refractivity contribution < 1.29 is 0 Å². The van der Waals surface area contributed by atoms with Gasteiger partial charge < -0.3 is 10.2 Å². The molecule has 3 aromatic heterocycles. The van der Waals surface area contributed by atoms with Crippen LogP contribution >= 0.6 is 11.6 Å². The van der Waals surface area contributed by atoms with Crippen molar-refractivity contribution in [3.05, 3.63) is 65.9 Å². The minimum atomic E-state index is 0.520. The molecular weight excluding hydrogens is 384 g/mol. The second-order valence-electron chi connectivity index (χ2n) is 7.34. The van der Waals surface area contributed by atoms with Crippen LogP contribution in [0, 0.1) is 0 Å². The second kappa shape index (κ2) is 7.37. The number of hydrogen-bond acceptors (Lipinski definition) is 5. The lowest BCUT2D eigenvalue weighted by Crippen LogP contribution is -2.27. The summed E-state index contributed by atoms with van der Waals surface area (Å²) < 4.78 is 1.77. The molecule has 1 aliphatic heterocycles. The summed E-state index contributed by atoms with van der Waals surface area (Å²) in [6.45, 7) is 3.30. The van der Waals surface area contributed by atoms with E-state index < -0.39 is 0 Å². The molecule has 146 valence electrons. The third kappa shape index (κ3) is 3.51. The number of hydrogen-bond donors (Lipinski definition) is 1. The van der Waals surface area contributed by atoms with Crippen LogP contribution in [0.5, 0.6) is 0 Å². The molecule has 7 heteroatoms. The van der Waals surface area contributed by atoms with Gasteiger partial charge in [-0.3, -0.25) is 0 Å². The first-order valence-corrected chi connectivity index (χ1v) is 10.2. The zero-order valence-corrected chi connectivity index (χ0v) is 16.8. The SMILES string of the molecule is C[C@H]1CCCN1c1cccc(Nc2cc(-c3cccc(Cl)c3)nn3ccnc23)n1. The molecule has 4 heterocycles. The normalized spacial score (nSPS) is 16.5. The third-order valence-corrected chi connectivity index (χ3v) is 5.56. The monoisotopic (exact) mass is 404 g/mol. The lowest BCUT2D eigenvalue weighted by atomic mass is 10.1. The molecule has 1 aromatic carbocycles. The van der Waals surface area contributed by atoms with Gasteiger partial charge in [-0.1, -0.05) is 29.8 Å². The second-order valence-corrected chi connectivity index (χ2v) is 7.78. The van der Waals surface area contributed by atoms with Crippen molar-refractivity contribution >= 4 is 34.6 Å². The lowest BCUT2D eigenvalue weighted by Gasteiger charge is -2.23. The molecular formula is C22H21ClN6. The number of rotatable bonds is 4. The van der Waals surface area contributed by atoms with Gasteiger partial charge in [0.25, 0.3) is 0 Å². The smallest absolute Gasteiger partial charge is 0.177 e. The number of anilines is 3. The van der Waals surface area contributed by atoms with Crippen molar-refractivity contribution in [3.63, 3.8) is 0 Å². The maximum Gasteiger partial charge on any atom is 0.177 e. The molecule has 0 bridgehead atoms. The van der Waals surface area contributed by atoms with Crippen LogP contribution in [0.25, 0.3) is 16.9 Å². The number of imidazole rings is 1. The predicted octanol–water partition coefficient (Wildman–Crippen LogP) is 5.18. The molecule has 5 rings (SSSR count). The quantitative estimate of drug-likeness (QED) is 0.508. The number of nitrogens with zero attached hydrogens (tertiary/aromatic N) is 5.